The van der Waals surface area contributed by atoms with Crippen LogP contribution in [0.25, 0.3) is 6.08 Å². The smallest absolute Gasteiger partial charge is 0.335 e. The monoisotopic (exact) mass is 511 g/mol. The number of amides is 1. The highest BCUT2D eigenvalue weighted by molar-refractivity contribution is 9.10. The Balaban J connectivity index is 3.44. The number of halogens is 1. The highest BCUT2D eigenvalue weighted by Gasteiger charge is 2.36. The fraction of sp³-hybridized carbons (Fsp3) is 0.478. The van der Waals surface area contributed by atoms with Crippen LogP contribution in [0.2, 0.25) is 0 Å². The molecular weight excluding hydrogens is 482 g/mol. The Bertz CT molecular complexity index is 835. The van der Waals surface area contributed by atoms with Gasteiger partial charge >= 0.3 is 17.9 Å². The fourth-order valence-electron chi connectivity index (χ4n) is 3.03. The quantitative estimate of drug-likeness (QED) is 0.194. The number of ether oxygens (including phenoxy) is 3. The number of carbonyl (C=O) groups excluding carboxylic acids is 4. The molecule has 9 heteroatoms. The molecule has 0 aromatic heterocycles. The van der Waals surface area contributed by atoms with E-state index in [1.54, 1.807) is 44.2 Å². The molecule has 0 saturated heterocycles. The van der Waals surface area contributed by atoms with Gasteiger partial charge in [0.1, 0.15) is 12.5 Å². The zero-order valence-electron chi connectivity index (χ0n) is 19.1. The number of hydrogen-bond acceptors (Lipinski definition) is 7. The maximum Gasteiger partial charge on any atom is 0.335 e. The van der Waals surface area contributed by atoms with E-state index in [1.165, 1.54) is 19.1 Å². The highest BCUT2D eigenvalue weighted by Crippen LogP contribution is 2.21. The number of carbonyl (C=O) groups is 4. The van der Waals surface area contributed by atoms with Crippen molar-refractivity contribution in [3.63, 3.8) is 0 Å². The third kappa shape index (κ3) is 8.11. The van der Waals surface area contributed by atoms with E-state index in [0.717, 1.165) is 4.47 Å². The number of hydrogen-bond donors (Lipinski definition) is 0. The second kappa shape index (κ2) is 13.7. The van der Waals surface area contributed by atoms with Crippen molar-refractivity contribution in [3.05, 3.63) is 39.9 Å². The van der Waals surface area contributed by atoms with E-state index < -0.39 is 36.3 Å². The molecule has 1 rings (SSSR count). The highest BCUT2D eigenvalue weighted by atomic mass is 79.9. The maximum atomic E-state index is 13.1. The van der Waals surface area contributed by atoms with Gasteiger partial charge in [-0.1, -0.05) is 48.3 Å². The topological polar surface area (TPSA) is 99.2 Å². The summed E-state index contributed by atoms with van der Waals surface area (Å²) in [4.78, 5) is 51.4. The van der Waals surface area contributed by atoms with Crippen LogP contribution in [0.15, 0.2) is 34.3 Å². The lowest BCUT2D eigenvalue weighted by Gasteiger charge is -2.33. The first-order valence-electron chi connectivity index (χ1n) is 10.3. The van der Waals surface area contributed by atoms with E-state index in [0.29, 0.717) is 12.0 Å². The lowest BCUT2D eigenvalue weighted by Crippen LogP contribution is -2.51. The SMILES string of the molecule is CCOC(=O)CC(=O)N(CC(=Cc1ccc(Br)cc1)C(=O)OC)C(C(=O)OC)C(C)CC. The zero-order chi connectivity index (χ0) is 24.3. The molecule has 0 spiro atoms. The Morgan fingerprint density at radius 2 is 1.69 bits per heavy atom. The summed E-state index contributed by atoms with van der Waals surface area (Å²) in [5, 5.41) is 0. The van der Waals surface area contributed by atoms with E-state index >= 15 is 0 Å². The summed E-state index contributed by atoms with van der Waals surface area (Å²) in [6.07, 6.45) is 1.57. The first kappa shape index (κ1) is 27.4. The molecule has 0 aliphatic carbocycles. The normalized spacial score (nSPS) is 13.0. The summed E-state index contributed by atoms with van der Waals surface area (Å²) >= 11 is 3.36. The van der Waals surface area contributed by atoms with Crippen LogP contribution in [-0.4, -0.2) is 62.1 Å². The molecular formula is C23H30BrNO7. The first-order chi connectivity index (χ1) is 15.2. The number of rotatable bonds is 11. The van der Waals surface area contributed by atoms with Gasteiger partial charge in [-0.2, -0.15) is 0 Å². The van der Waals surface area contributed by atoms with E-state index in [2.05, 4.69) is 15.9 Å². The summed E-state index contributed by atoms with van der Waals surface area (Å²) < 4.78 is 15.6. The van der Waals surface area contributed by atoms with E-state index in [-0.39, 0.29) is 24.6 Å². The van der Waals surface area contributed by atoms with Crippen molar-refractivity contribution in [2.75, 3.05) is 27.4 Å². The Kier molecular flexibility index (Phi) is 11.7. The third-order valence-corrected chi connectivity index (χ3v) is 5.41. The molecule has 0 radical (unpaired) electrons. The Morgan fingerprint density at radius 1 is 1.06 bits per heavy atom. The van der Waals surface area contributed by atoms with Crippen LogP contribution < -0.4 is 0 Å². The van der Waals surface area contributed by atoms with Crippen molar-refractivity contribution in [2.45, 2.75) is 39.7 Å². The largest absolute Gasteiger partial charge is 0.467 e. The number of nitrogens with zero attached hydrogens (tertiary/aromatic N) is 1. The molecule has 176 valence electrons. The molecule has 0 bridgehead atoms. The Hall–Kier alpha value is -2.68. The van der Waals surface area contributed by atoms with E-state index in [1.807, 2.05) is 6.92 Å². The van der Waals surface area contributed by atoms with Crippen LogP contribution in [0.3, 0.4) is 0 Å². The van der Waals surface area contributed by atoms with Gasteiger partial charge in [0.2, 0.25) is 5.91 Å². The molecule has 0 saturated carbocycles. The average Bonchev–Trinajstić information content (AvgIpc) is 2.78. The second-order valence-electron chi connectivity index (χ2n) is 7.07. The number of methoxy groups -OCH3 is 2. The number of benzene rings is 1. The van der Waals surface area contributed by atoms with Gasteiger partial charge in [-0.3, -0.25) is 9.59 Å². The van der Waals surface area contributed by atoms with Gasteiger partial charge in [-0.05, 0) is 36.6 Å². The van der Waals surface area contributed by atoms with Gasteiger partial charge < -0.3 is 19.1 Å². The zero-order valence-corrected chi connectivity index (χ0v) is 20.6. The molecule has 0 aliphatic rings. The second-order valence-corrected chi connectivity index (χ2v) is 7.99. The summed E-state index contributed by atoms with van der Waals surface area (Å²) in [5.74, 6) is -2.95. The van der Waals surface area contributed by atoms with Crippen LogP contribution >= 0.6 is 15.9 Å². The molecule has 1 aromatic carbocycles. The minimum Gasteiger partial charge on any atom is -0.467 e. The van der Waals surface area contributed by atoms with Crippen molar-refractivity contribution >= 4 is 45.8 Å². The van der Waals surface area contributed by atoms with Crippen LogP contribution in [-0.2, 0) is 33.4 Å². The van der Waals surface area contributed by atoms with Gasteiger partial charge in [-0.25, -0.2) is 9.59 Å². The Morgan fingerprint density at radius 3 is 2.19 bits per heavy atom. The van der Waals surface area contributed by atoms with Gasteiger partial charge in [0.05, 0.1) is 32.9 Å². The van der Waals surface area contributed by atoms with Crippen molar-refractivity contribution in [3.8, 4) is 0 Å². The van der Waals surface area contributed by atoms with Crippen molar-refractivity contribution < 1.29 is 33.4 Å². The lowest BCUT2D eigenvalue weighted by molar-refractivity contribution is -0.158. The molecule has 2 atom stereocenters. The summed E-state index contributed by atoms with van der Waals surface area (Å²) in [6.45, 7) is 5.17. The summed E-state index contributed by atoms with van der Waals surface area (Å²) in [5.41, 5.74) is 0.841. The van der Waals surface area contributed by atoms with Crippen molar-refractivity contribution in [2.24, 2.45) is 5.92 Å². The predicted molar refractivity (Wildman–Crippen MR) is 122 cm³/mol. The number of esters is 3. The van der Waals surface area contributed by atoms with Crippen molar-refractivity contribution in [1.29, 1.82) is 0 Å². The van der Waals surface area contributed by atoms with Crippen LogP contribution in [0, 0.1) is 5.92 Å². The van der Waals surface area contributed by atoms with Crippen LogP contribution in [0.1, 0.15) is 39.2 Å². The molecule has 0 aliphatic heterocycles. The molecule has 2 unspecified atom stereocenters. The van der Waals surface area contributed by atoms with Crippen LogP contribution in [0.4, 0.5) is 0 Å². The first-order valence-corrected chi connectivity index (χ1v) is 11.0. The standard InChI is InChI=1S/C23H30BrNO7/c1-6-15(3)21(23(29)31-5)25(19(26)13-20(27)32-7-2)14-17(22(28)30-4)12-16-8-10-18(24)11-9-16/h8-12,15,21H,6-7,13-14H2,1-5H3. The predicted octanol–water partition coefficient (Wildman–Crippen LogP) is 3.38. The molecule has 32 heavy (non-hydrogen) atoms. The van der Waals surface area contributed by atoms with E-state index in [4.69, 9.17) is 14.2 Å². The van der Waals surface area contributed by atoms with Gasteiger partial charge in [0.15, 0.2) is 0 Å². The lowest BCUT2D eigenvalue weighted by atomic mass is 9.96. The maximum absolute atomic E-state index is 13.1. The van der Waals surface area contributed by atoms with E-state index in [9.17, 15) is 19.2 Å². The third-order valence-electron chi connectivity index (χ3n) is 4.88. The van der Waals surface area contributed by atoms with Gasteiger partial charge in [0.25, 0.3) is 0 Å². The molecule has 0 heterocycles. The van der Waals surface area contributed by atoms with Crippen LogP contribution in [0.5, 0.6) is 0 Å². The molecule has 8 nitrogen and oxygen atoms in total. The van der Waals surface area contributed by atoms with Crippen molar-refractivity contribution in [1.82, 2.24) is 4.90 Å². The minimum atomic E-state index is -0.995. The summed E-state index contributed by atoms with van der Waals surface area (Å²) in [7, 11) is 2.46. The van der Waals surface area contributed by atoms with Gasteiger partial charge in [0, 0.05) is 4.47 Å². The average molecular weight is 512 g/mol. The molecule has 0 fully saturated rings. The molecule has 1 aromatic rings. The van der Waals surface area contributed by atoms with Gasteiger partial charge in [-0.15, -0.1) is 0 Å². The Labute approximate surface area is 197 Å². The molecule has 0 N–H and O–H groups in total. The molecule has 1 amide bonds. The fourth-order valence-corrected chi connectivity index (χ4v) is 3.30. The summed E-state index contributed by atoms with van der Waals surface area (Å²) in [6, 6.07) is 6.18. The minimum absolute atomic E-state index is 0.120.